The van der Waals surface area contributed by atoms with Gasteiger partial charge in [-0.3, -0.25) is 0 Å². The van der Waals surface area contributed by atoms with E-state index in [1.54, 1.807) is 0 Å². The summed E-state index contributed by atoms with van der Waals surface area (Å²) in [5.74, 6) is 0. The zero-order valence-corrected chi connectivity index (χ0v) is 22.4. The van der Waals surface area contributed by atoms with Gasteiger partial charge in [-0.25, -0.2) is 0 Å². The van der Waals surface area contributed by atoms with Gasteiger partial charge in [0, 0.05) is 0 Å². The lowest BCUT2D eigenvalue weighted by Gasteiger charge is -2.23. The number of fused-ring (bicyclic) bond motifs is 6. The molecule has 38 heavy (non-hydrogen) atoms. The van der Waals surface area contributed by atoms with Crippen LogP contribution in [0.5, 0.6) is 0 Å². The third kappa shape index (κ3) is 3.37. The van der Waals surface area contributed by atoms with Crippen LogP contribution in [-0.2, 0) is 0 Å². The summed E-state index contributed by atoms with van der Waals surface area (Å²) in [6.07, 6.45) is 0. The van der Waals surface area contributed by atoms with Gasteiger partial charge in [0.15, 0.2) is 0 Å². The zero-order chi connectivity index (χ0) is 26.0. The molecule has 0 heterocycles. The van der Waals surface area contributed by atoms with Gasteiger partial charge in [0.25, 0.3) is 0 Å². The van der Waals surface area contributed by atoms with Crippen LogP contribution in [0.15, 0.2) is 109 Å². The maximum absolute atomic E-state index is 2.38. The molecule has 0 amide bonds. The van der Waals surface area contributed by atoms with Crippen LogP contribution in [-0.4, -0.2) is 0 Å². The van der Waals surface area contributed by atoms with Gasteiger partial charge in [0.05, 0.1) is 0 Å². The second-order valence-corrected chi connectivity index (χ2v) is 10.8. The van der Waals surface area contributed by atoms with Gasteiger partial charge >= 0.3 is 0 Å². The van der Waals surface area contributed by atoms with E-state index >= 15 is 0 Å². The fraction of sp³-hybridized carbons (Fsp3) is 0.105. The van der Waals surface area contributed by atoms with Crippen molar-refractivity contribution in [3.63, 3.8) is 0 Å². The van der Waals surface area contributed by atoms with Crippen LogP contribution in [0.4, 0.5) is 0 Å². The SMILES string of the molecule is Cc1ccc2cc(C)c3c(-c4ccccc4)c4c(c(C)cc5ccc(C)cc54)c(-c4ccccc4)c3c2c1. The second kappa shape index (κ2) is 8.57. The molecule has 0 fully saturated rings. The first kappa shape index (κ1) is 22.8. The van der Waals surface area contributed by atoms with Gasteiger partial charge < -0.3 is 0 Å². The molecular weight excluding hydrogens is 456 g/mol. The quantitative estimate of drug-likeness (QED) is 0.168. The average Bonchev–Trinajstić information content (AvgIpc) is 2.93. The molecule has 7 aromatic carbocycles. The number of aryl methyl sites for hydroxylation is 4. The third-order valence-corrected chi connectivity index (χ3v) is 8.11. The van der Waals surface area contributed by atoms with Gasteiger partial charge in [-0.05, 0) is 104 Å². The summed E-state index contributed by atoms with van der Waals surface area (Å²) in [7, 11) is 0. The Bertz CT molecular complexity index is 1880. The molecule has 0 saturated carbocycles. The monoisotopic (exact) mass is 486 g/mol. The Kier molecular flexibility index (Phi) is 5.13. The predicted molar refractivity (Wildman–Crippen MR) is 166 cm³/mol. The van der Waals surface area contributed by atoms with Crippen LogP contribution in [0.2, 0.25) is 0 Å². The number of hydrogen-bond donors (Lipinski definition) is 0. The molecule has 0 bridgehead atoms. The largest absolute Gasteiger partial charge is 0.0622 e. The molecule has 0 aliphatic heterocycles. The molecule has 0 heteroatoms. The van der Waals surface area contributed by atoms with E-state index in [-0.39, 0.29) is 0 Å². The van der Waals surface area contributed by atoms with Crippen LogP contribution < -0.4 is 0 Å². The van der Waals surface area contributed by atoms with E-state index in [0.29, 0.717) is 0 Å². The van der Waals surface area contributed by atoms with E-state index in [9.17, 15) is 0 Å². The van der Waals surface area contributed by atoms with E-state index in [1.165, 1.54) is 87.6 Å². The van der Waals surface area contributed by atoms with Crippen LogP contribution in [0.25, 0.3) is 65.3 Å². The standard InChI is InChI=1S/C38H30/c1-23-15-17-29-21-25(3)33-36(28-13-9-6-10-14-28)38-32-20-24(2)16-18-30(32)22-26(4)34(38)35(37(33)31(29)19-23)27-11-7-5-8-12-27/h5-22H,1-4H3. The lowest BCUT2D eigenvalue weighted by Crippen LogP contribution is -1.97. The van der Waals surface area contributed by atoms with Crippen molar-refractivity contribution in [2.24, 2.45) is 0 Å². The summed E-state index contributed by atoms with van der Waals surface area (Å²) in [6.45, 7) is 8.98. The Morgan fingerprint density at radius 2 is 0.763 bits per heavy atom. The van der Waals surface area contributed by atoms with Gasteiger partial charge in [0.2, 0.25) is 0 Å². The molecule has 0 aliphatic rings. The molecule has 0 saturated heterocycles. The van der Waals surface area contributed by atoms with Crippen molar-refractivity contribution < 1.29 is 0 Å². The summed E-state index contributed by atoms with van der Waals surface area (Å²) in [4.78, 5) is 0. The van der Waals surface area contributed by atoms with E-state index in [2.05, 4.69) is 137 Å². The Hall–Kier alpha value is -4.42. The minimum atomic E-state index is 1.27. The van der Waals surface area contributed by atoms with Gasteiger partial charge in [-0.1, -0.05) is 120 Å². The highest BCUT2D eigenvalue weighted by molar-refractivity contribution is 6.33. The molecule has 7 rings (SSSR count). The van der Waals surface area contributed by atoms with Gasteiger partial charge in [-0.2, -0.15) is 0 Å². The molecule has 0 spiro atoms. The molecule has 0 N–H and O–H groups in total. The molecule has 182 valence electrons. The summed E-state index contributed by atoms with van der Waals surface area (Å²) in [6, 6.07) is 40.6. The maximum Gasteiger partial charge on any atom is -0.00112 e. The Morgan fingerprint density at radius 3 is 1.16 bits per heavy atom. The molecular formula is C38H30. The van der Waals surface area contributed by atoms with Crippen molar-refractivity contribution in [3.8, 4) is 22.3 Å². The van der Waals surface area contributed by atoms with Crippen molar-refractivity contribution in [3.05, 3.63) is 131 Å². The fourth-order valence-electron chi connectivity index (χ4n) is 6.50. The average molecular weight is 487 g/mol. The van der Waals surface area contributed by atoms with Crippen LogP contribution in [0, 0.1) is 27.7 Å². The minimum Gasteiger partial charge on any atom is -0.0622 e. The van der Waals surface area contributed by atoms with E-state index in [0.717, 1.165) is 0 Å². The van der Waals surface area contributed by atoms with Gasteiger partial charge in [0.1, 0.15) is 0 Å². The molecule has 0 radical (unpaired) electrons. The Morgan fingerprint density at radius 1 is 0.368 bits per heavy atom. The summed E-state index contributed by atoms with van der Waals surface area (Å²) >= 11 is 0. The molecule has 0 unspecified atom stereocenters. The summed E-state index contributed by atoms with van der Waals surface area (Å²) in [5, 5.41) is 10.7. The maximum atomic E-state index is 2.38. The molecule has 0 nitrogen and oxygen atoms in total. The Labute approximate surface area is 224 Å². The summed E-state index contributed by atoms with van der Waals surface area (Å²) in [5.41, 5.74) is 10.4. The molecule has 0 atom stereocenters. The summed E-state index contributed by atoms with van der Waals surface area (Å²) < 4.78 is 0. The van der Waals surface area contributed by atoms with Crippen molar-refractivity contribution >= 4 is 43.1 Å². The van der Waals surface area contributed by atoms with E-state index < -0.39 is 0 Å². The highest BCUT2D eigenvalue weighted by Gasteiger charge is 2.23. The van der Waals surface area contributed by atoms with Crippen molar-refractivity contribution in [2.75, 3.05) is 0 Å². The Balaban J connectivity index is 1.91. The molecule has 0 aromatic heterocycles. The predicted octanol–water partition coefficient (Wildman–Crippen LogP) is 10.9. The first-order valence-electron chi connectivity index (χ1n) is 13.5. The first-order chi connectivity index (χ1) is 18.5. The third-order valence-electron chi connectivity index (χ3n) is 8.11. The zero-order valence-electron chi connectivity index (χ0n) is 22.4. The highest BCUT2D eigenvalue weighted by Crippen LogP contribution is 2.50. The number of hydrogen-bond acceptors (Lipinski definition) is 0. The van der Waals surface area contributed by atoms with E-state index in [1.807, 2.05) is 0 Å². The van der Waals surface area contributed by atoms with Crippen LogP contribution in [0.1, 0.15) is 22.3 Å². The second-order valence-electron chi connectivity index (χ2n) is 10.8. The number of benzene rings is 7. The molecule has 7 aromatic rings. The van der Waals surface area contributed by atoms with Crippen molar-refractivity contribution in [2.45, 2.75) is 27.7 Å². The topological polar surface area (TPSA) is 0 Å². The lowest BCUT2D eigenvalue weighted by atomic mass is 9.79. The van der Waals surface area contributed by atoms with E-state index in [4.69, 9.17) is 0 Å². The highest BCUT2D eigenvalue weighted by atomic mass is 14.3. The van der Waals surface area contributed by atoms with Crippen molar-refractivity contribution in [1.29, 1.82) is 0 Å². The smallest absolute Gasteiger partial charge is 0.00112 e. The van der Waals surface area contributed by atoms with Gasteiger partial charge in [-0.15, -0.1) is 0 Å². The first-order valence-corrected chi connectivity index (χ1v) is 13.5. The normalized spacial score (nSPS) is 11.7. The van der Waals surface area contributed by atoms with Crippen LogP contribution in [0.3, 0.4) is 0 Å². The van der Waals surface area contributed by atoms with Crippen molar-refractivity contribution in [1.82, 2.24) is 0 Å². The molecule has 0 aliphatic carbocycles. The number of rotatable bonds is 2. The fourth-order valence-corrected chi connectivity index (χ4v) is 6.50. The minimum absolute atomic E-state index is 1.27. The lowest BCUT2D eigenvalue weighted by molar-refractivity contribution is 1.49. The van der Waals surface area contributed by atoms with Crippen LogP contribution >= 0.6 is 0 Å².